The van der Waals surface area contributed by atoms with Crippen molar-refractivity contribution in [2.45, 2.75) is 26.4 Å². The minimum absolute atomic E-state index is 0.126. The van der Waals surface area contributed by atoms with Gasteiger partial charge in [0.15, 0.2) is 0 Å². The summed E-state index contributed by atoms with van der Waals surface area (Å²) in [6.45, 7) is 4.16. The van der Waals surface area contributed by atoms with E-state index in [-0.39, 0.29) is 11.3 Å². The number of hydrogen-bond acceptors (Lipinski definition) is 2. The highest BCUT2D eigenvalue weighted by Crippen LogP contribution is 2.36. The predicted octanol–water partition coefficient (Wildman–Crippen LogP) is 3.70. The Balaban J connectivity index is 2.71. The van der Waals surface area contributed by atoms with Crippen LogP contribution in [0.2, 0.25) is 0 Å². The van der Waals surface area contributed by atoms with Crippen molar-refractivity contribution in [3.05, 3.63) is 41.1 Å². The Morgan fingerprint density at radius 1 is 1.30 bits per heavy atom. The number of alkyl halides is 3. The molecule has 0 aliphatic rings. The minimum Gasteiger partial charge on any atom is -0.330 e. The summed E-state index contributed by atoms with van der Waals surface area (Å²) in [5.41, 5.74) is 6.74. The molecular weight excluding hydrogens is 265 g/mol. The van der Waals surface area contributed by atoms with Crippen LogP contribution in [0.25, 0.3) is 10.9 Å². The maximum Gasteiger partial charge on any atom is 0.417 e. The van der Waals surface area contributed by atoms with Crippen molar-refractivity contribution in [2.24, 2.45) is 11.7 Å². The Morgan fingerprint density at radius 2 is 2.00 bits per heavy atom. The van der Waals surface area contributed by atoms with Crippen molar-refractivity contribution in [1.82, 2.24) is 4.98 Å². The number of aryl methyl sites for hydroxylation is 1. The van der Waals surface area contributed by atoms with Crippen molar-refractivity contribution in [3.8, 4) is 0 Å². The Labute approximate surface area is 115 Å². The number of halogens is 3. The molecule has 2 nitrogen and oxygen atoms in total. The molecule has 20 heavy (non-hydrogen) atoms. The first-order valence-electron chi connectivity index (χ1n) is 6.49. The van der Waals surface area contributed by atoms with E-state index in [2.05, 4.69) is 4.98 Å². The fourth-order valence-electron chi connectivity index (χ4n) is 2.37. The van der Waals surface area contributed by atoms with Crippen LogP contribution < -0.4 is 5.73 Å². The van der Waals surface area contributed by atoms with Crippen LogP contribution in [-0.4, -0.2) is 11.5 Å². The van der Waals surface area contributed by atoms with Gasteiger partial charge in [-0.1, -0.05) is 13.0 Å². The first-order valence-corrected chi connectivity index (χ1v) is 6.49. The highest BCUT2D eigenvalue weighted by molar-refractivity contribution is 5.86. The van der Waals surface area contributed by atoms with Gasteiger partial charge in [0.2, 0.25) is 0 Å². The molecule has 2 N–H and O–H groups in total. The highest BCUT2D eigenvalue weighted by Gasteiger charge is 2.33. The Hall–Kier alpha value is -1.62. The lowest BCUT2D eigenvalue weighted by molar-refractivity contribution is -0.136. The molecule has 1 aromatic carbocycles. The third-order valence-electron chi connectivity index (χ3n) is 3.32. The summed E-state index contributed by atoms with van der Waals surface area (Å²) >= 11 is 0. The summed E-state index contributed by atoms with van der Waals surface area (Å²) < 4.78 is 39.5. The Kier molecular flexibility index (Phi) is 3.99. The van der Waals surface area contributed by atoms with Crippen LogP contribution in [0.4, 0.5) is 13.2 Å². The van der Waals surface area contributed by atoms with Gasteiger partial charge in [-0.05, 0) is 49.6 Å². The van der Waals surface area contributed by atoms with Crippen molar-refractivity contribution >= 4 is 10.9 Å². The van der Waals surface area contributed by atoms with Crippen LogP contribution in [0, 0.1) is 12.8 Å². The fourth-order valence-corrected chi connectivity index (χ4v) is 2.37. The molecule has 0 saturated heterocycles. The van der Waals surface area contributed by atoms with Crippen LogP contribution in [0.1, 0.15) is 23.7 Å². The zero-order chi connectivity index (χ0) is 14.9. The molecule has 0 aliphatic carbocycles. The van der Waals surface area contributed by atoms with Crippen LogP contribution in [0.15, 0.2) is 24.3 Å². The lowest BCUT2D eigenvalue weighted by Gasteiger charge is -2.16. The molecule has 5 heteroatoms. The second-order valence-corrected chi connectivity index (χ2v) is 5.17. The lowest BCUT2D eigenvalue weighted by Crippen LogP contribution is -2.15. The van der Waals surface area contributed by atoms with Gasteiger partial charge in [-0.15, -0.1) is 0 Å². The molecule has 1 heterocycles. The van der Waals surface area contributed by atoms with Gasteiger partial charge in [0.25, 0.3) is 0 Å². The number of aromatic nitrogens is 1. The third kappa shape index (κ3) is 2.93. The summed E-state index contributed by atoms with van der Waals surface area (Å²) in [6.07, 6.45) is -3.86. The molecule has 1 unspecified atom stereocenters. The first-order chi connectivity index (χ1) is 9.32. The number of benzene rings is 1. The maximum atomic E-state index is 13.2. The molecule has 108 valence electrons. The standard InChI is InChI=1S/C15H17F3N2/c1-9(8-19)6-11-7-10(2)20-13-5-3-4-12(14(11)13)15(16,17)18/h3-5,7,9H,6,8,19H2,1-2H3. The Bertz CT molecular complexity index is 620. The van der Waals surface area contributed by atoms with Crippen molar-refractivity contribution in [2.75, 3.05) is 6.54 Å². The monoisotopic (exact) mass is 282 g/mol. The molecule has 0 fully saturated rings. The topological polar surface area (TPSA) is 38.9 Å². The van der Waals surface area contributed by atoms with Gasteiger partial charge in [0.1, 0.15) is 0 Å². The van der Waals surface area contributed by atoms with Crippen molar-refractivity contribution in [3.63, 3.8) is 0 Å². The summed E-state index contributed by atoms with van der Waals surface area (Å²) in [7, 11) is 0. The molecule has 2 aromatic rings. The van der Waals surface area contributed by atoms with Crippen molar-refractivity contribution < 1.29 is 13.2 Å². The normalized spacial score (nSPS) is 13.7. The van der Waals surface area contributed by atoms with Gasteiger partial charge in [0.05, 0.1) is 11.1 Å². The highest BCUT2D eigenvalue weighted by atomic mass is 19.4. The number of fused-ring (bicyclic) bond motifs is 1. The second-order valence-electron chi connectivity index (χ2n) is 5.17. The van der Waals surface area contributed by atoms with Gasteiger partial charge < -0.3 is 5.73 Å². The van der Waals surface area contributed by atoms with E-state index in [0.29, 0.717) is 24.0 Å². The van der Waals surface area contributed by atoms with Gasteiger partial charge in [-0.25, -0.2) is 0 Å². The van der Waals surface area contributed by atoms with E-state index < -0.39 is 11.7 Å². The molecule has 0 bridgehead atoms. The number of pyridine rings is 1. The van der Waals surface area contributed by atoms with Gasteiger partial charge in [0, 0.05) is 11.1 Å². The zero-order valence-electron chi connectivity index (χ0n) is 11.5. The molecule has 0 saturated carbocycles. The minimum atomic E-state index is -4.38. The van der Waals surface area contributed by atoms with Crippen LogP contribution >= 0.6 is 0 Å². The quantitative estimate of drug-likeness (QED) is 0.932. The average Bonchev–Trinajstić information content (AvgIpc) is 2.36. The lowest BCUT2D eigenvalue weighted by atomic mass is 9.94. The van der Waals surface area contributed by atoms with E-state index in [4.69, 9.17) is 5.73 Å². The first kappa shape index (κ1) is 14.8. The molecule has 0 aliphatic heterocycles. The van der Waals surface area contributed by atoms with E-state index in [1.165, 1.54) is 6.07 Å². The van der Waals surface area contributed by atoms with Gasteiger partial charge >= 0.3 is 6.18 Å². The predicted molar refractivity (Wildman–Crippen MR) is 73.4 cm³/mol. The molecule has 1 atom stereocenters. The largest absolute Gasteiger partial charge is 0.417 e. The van der Waals surface area contributed by atoms with Crippen molar-refractivity contribution in [1.29, 1.82) is 0 Å². The van der Waals surface area contributed by atoms with Gasteiger partial charge in [-0.2, -0.15) is 13.2 Å². The van der Waals surface area contributed by atoms with Gasteiger partial charge in [-0.3, -0.25) is 4.98 Å². The number of nitrogens with two attached hydrogens (primary N) is 1. The summed E-state index contributed by atoms with van der Waals surface area (Å²) in [5.74, 6) is 0.126. The smallest absolute Gasteiger partial charge is 0.330 e. The van der Waals surface area contributed by atoms with Crippen LogP contribution in [-0.2, 0) is 12.6 Å². The molecule has 1 aromatic heterocycles. The van der Waals surface area contributed by atoms with Crippen LogP contribution in [0.3, 0.4) is 0 Å². The molecular formula is C15H17F3N2. The molecule has 2 rings (SSSR count). The molecule has 0 amide bonds. The van der Waals surface area contributed by atoms with E-state index in [0.717, 1.165) is 11.8 Å². The second kappa shape index (κ2) is 5.40. The fraction of sp³-hybridized carbons (Fsp3) is 0.400. The van der Waals surface area contributed by atoms with E-state index in [1.807, 2.05) is 6.92 Å². The van der Waals surface area contributed by atoms with E-state index in [1.54, 1.807) is 19.1 Å². The van der Waals surface area contributed by atoms with E-state index in [9.17, 15) is 13.2 Å². The third-order valence-corrected chi connectivity index (χ3v) is 3.32. The number of rotatable bonds is 3. The van der Waals surface area contributed by atoms with E-state index >= 15 is 0 Å². The SMILES string of the molecule is Cc1cc(CC(C)CN)c2c(C(F)(F)F)cccc2n1. The summed E-state index contributed by atoms with van der Waals surface area (Å²) in [6, 6.07) is 5.85. The number of hydrogen-bond donors (Lipinski definition) is 1. The summed E-state index contributed by atoms with van der Waals surface area (Å²) in [4.78, 5) is 4.21. The van der Waals surface area contributed by atoms with Crippen LogP contribution in [0.5, 0.6) is 0 Å². The Morgan fingerprint density at radius 3 is 2.60 bits per heavy atom. The number of nitrogens with zero attached hydrogens (tertiary/aromatic N) is 1. The average molecular weight is 282 g/mol. The maximum absolute atomic E-state index is 13.2. The molecule has 0 radical (unpaired) electrons. The summed E-state index contributed by atoms with van der Waals surface area (Å²) in [5, 5.41) is 0.200. The zero-order valence-corrected chi connectivity index (χ0v) is 11.5. The molecule has 0 spiro atoms.